The molecule has 0 aliphatic carbocycles. The largest absolute Gasteiger partial charge is 0.479 e. The lowest BCUT2D eigenvalue weighted by molar-refractivity contribution is -0.176. The SMILES string of the molecule is CC(=O)OC1CCC(COC(C(=O)O)P(=O)(NC(C)C)NC(C)C)O1. The van der Waals surface area contributed by atoms with Crippen molar-refractivity contribution in [1.82, 2.24) is 10.2 Å². The van der Waals surface area contributed by atoms with Gasteiger partial charge in [0.2, 0.25) is 12.1 Å². The normalized spacial score (nSPS) is 22.4. The Labute approximate surface area is 148 Å². The molecule has 3 unspecified atom stereocenters. The Morgan fingerprint density at radius 1 is 1.20 bits per heavy atom. The number of carboxylic acids is 1. The zero-order chi connectivity index (χ0) is 19.2. The quantitative estimate of drug-likeness (QED) is 0.383. The molecule has 0 amide bonds. The van der Waals surface area contributed by atoms with Crippen molar-refractivity contribution in [3.8, 4) is 0 Å². The van der Waals surface area contributed by atoms with E-state index in [0.29, 0.717) is 12.8 Å². The molecule has 25 heavy (non-hydrogen) atoms. The van der Waals surface area contributed by atoms with Crippen molar-refractivity contribution >= 4 is 19.4 Å². The van der Waals surface area contributed by atoms with Crippen LogP contribution in [0.25, 0.3) is 0 Å². The van der Waals surface area contributed by atoms with Gasteiger partial charge in [0.05, 0.1) is 12.7 Å². The van der Waals surface area contributed by atoms with Crippen molar-refractivity contribution in [1.29, 1.82) is 0 Å². The van der Waals surface area contributed by atoms with E-state index in [1.165, 1.54) is 6.92 Å². The first-order valence-electron chi connectivity index (χ1n) is 8.36. The monoisotopic (exact) mass is 380 g/mol. The van der Waals surface area contributed by atoms with Crippen LogP contribution in [0.3, 0.4) is 0 Å². The number of hydrogen-bond donors (Lipinski definition) is 3. The van der Waals surface area contributed by atoms with Gasteiger partial charge in [0, 0.05) is 25.4 Å². The molecule has 0 radical (unpaired) electrons. The third-order valence-electron chi connectivity index (χ3n) is 3.25. The minimum Gasteiger partial charge on any atom is -0.479 e. The zero-order valence-electron chi connectivity index (χ0n) is 15.4. The molecule has 3 atom stereocenters. The van der Waals surface area contributed by atoms with Crippen LogP contribution in [0, 0.1) is 0 Å². The Hall–Kier alpha value is -0.990. The minimum absolute atomic E-state index is 0.0573. The number of carbonyl (C=O) groups is 2. The molecule has 1 saturated heterocycles. The summed E-state index contributed by atoms with van der Waals surface area (Å²) in [6.07, 6.45) is 0.00269. The molecule has 0 saturated carbocycles. The van der Waals surface area contributed by atoms with Gasteiger partial charge >= 0.3 is 11.9 Å². The van der Waals surface area contributed by atoms with Crippen molar-refractivity contribution in [3.05, 3.63) is 0 Å². The van der Waals surface area contributed by atoms with Gasteiger partial charge in [-0.25, -0.2) is 15.0 Å². The predicted octanol–water partition coefficient (Wildman–Crippen LogP) is 1.67. The highest BCUT2D eigenvalue weighted by Crippen LogP contribution is 2.44. The molecule has 146 valence electrons. The standard InChI is InChI=1S/C15H29N2O7P/c1-9(2)16-25(21,17-10(3)4)15(14(19)20)22-8-12-6-7-13(24-12)23-11(5)18/h9-10,12-13,15H,6-8H2,1-5H3,(H,19,20)(H2,16,17,21). The summed E-state index contributed by atoms with van der Waals surface area (Å²) in [6, 6.07) is -0.391. The van der Waals surface area contributed by atoms with Crippen LogP contribution < -0.4 is 10.2 Å². The van der Waals surface area contributed by atoms with E-state index in [0.717, 1.165) is 0 Å². The fourth-order valence-electron chi connectivity index (χ4n) is 2.54. The summed E-state index contributed by atoms with van der Waals surface area (Å²) < 4.78 is 29.0. The van der Waals surface area contributed by atoms with E-state index in [9.17, 15) is 19.3 Å². The molecular formula is C15H29N2O7P. The maximum atomic E-state index is 13.2. The minimum atomic E-state index is -3.56. The van der Waals surface area contributed by atoms with E-state index in [4.69, 9.17) is 14.2 Å². The molecule has 1 fully saturated rings. The second-order valence-corrected chi connectivity index (χ2v) is 8.93. The van der Waals surface area contributed by atoms with Crippen LogP contribution in [0.2, 0.25) is 0 Å². The molecular weight excluding hydrogens is 351 g/mol. The van der Waals surface area contributed by atoms with Gasteiger partial charge in [0.1, 0.15) is 0 Å². The number of esters is 1. The van der Waals surface area contributed by atoms with Gasteiger partial charge in [-0.15, -0.1) is 0 Å². The van der Waals surface area contributed by atoms with Crippen molar-refractivity contribution in [2.75, 3.05) is 6.61 Å². The van der Waals surface area contributed by atoms with Crippen molar-refractivity contribution in [2.24, 2.45) is 0 Å². The highest BCUT2D eigenvalue weighted by Gasteiger charge is 2.41. The molecule has 0 bridgehead atoms. The van der Waals surface area contributed by atoms with E-state index >= 15 is 0 Å². The topological polar surface area (TPSA) is 123 Å². The summed E-state index contributed by atoms with van der Waals surface area (Å²) in [6.45, 7) is 8.33. The molecule has 1 aliphatic rings. The molecule has 1 aliphatic heterocycles. The molecule has 3 N–H and O–H groups in total. The summed E-state index contributed by atoms with van der Waals surface area (Å²) >= 11 is 0. The first-order chi connectivity index (χ1) is 11.5. The van der Waals surface area contributed by atoms with E-state index in [2.05, 4.69) is 10.2 Å². The second-order valence-electron chi connectivity index (χ2n) is 6.62. The number of carboxylic acid groups (broad SMARTS) is 1. The third-order valence-corrected chi connectivity index (χ3v) is 6.08. The second kappa shape index (κ2) is 9.64. The molecule has 9 nitrogen and oxygen atoms in total. The molecule has 0 aromatic heterocycles. The molecule has 10 heteroatoms. The van der Waals surface area contributed by atoms with Crippen LogP contribution >= 0.6 is 7.44 Å². The van der Waals surface area contributed by atoms with Gasteiger partial charge in [-0.2, -0.15) is 0 Å². The summed E-state index contributed by atoms with van der Waals surface area (Å²) in [5, 5.41) is 15.1. The smallest absolute Gasteiger partial charge is 0.343 e. The fourth-order valence-corrected chi connectivity index (χ4v) is 5.02. The summed E-state index contributed by atoms with van der Waals surface area (Å²) in [7, 11) is -3.56. The maximum absolute atomic E-state index is 13.2. The van der Waals surface area contributed by atoms with E-state index in [1.807, 2.05) is 0 Å². The van der Waals surface area contributed by atoms with Crippen LogP contribution in [0.1, 0.15) is 47.5 Å². The third kappa shape index (κ3) is 7.42. The van der Waals surface area contributed by atoms with Crippen molar-refractivity contribution < 1.29 is 33.5 Å². The van der Waals surface area contributed by atoms with E-state index in [1.54, 1.807) is 27.7 Å². The maximum Gasteiger partial charge on any atom is 0.343 e. The summed E-state index contributed by atoms with van der Waals surface area (Å²) in [5.74, 6) is -3.31. The van der Waals surface area contributed by atoms with Gasteiger partial charge in [0.15, 0.2) is 0 Å². The highest BCUT2D eigenvalue weighted by molar-refractivity contribution is 7.61. The van der Waals surface area contributed by atoms with E-state index < -0.39 is 37.6 Å². The number of carbonyl (C=O) groups excluding carboxylic acids is 1. The lowest BCUT2D eigenvalue weighted by atomic mass is 10.2. The Balaban J connectivity index is 2.73. The van der Waals surface area contributed by atoms with Crippen LogP contribution in [0.5, 0.6) is 0 Å². The fraction of sp³-hybridized carbons (Fsp3) is 0.867. The Bertz CT molecular complexity index is 498. The number of rotatable bonds is 10. The van der Waals surface area contributed by atoms with Gasteiger partial charge < -0.3 is 19.3 Å². The average Bonchev–Trinajstić information content (AvgIpc) is 2.82. The molecule has 1 heterocycles. The number of nitrogens with one attached hydrogen (secondary N) is 2. The molecule has 0 aromatic rings. The highest BCUT2D eigenvalue weighted by atomic mass is 31.2. The summed E-state index contributed by atoms with van der Waals surface area (Å²) in [5.41, 5.74) is 0. The van der Waals surface area contributed by atoms with Crippen molar-refractivity contribution in [2.45, 2.75) is 77.8 Å². The number of hydrogen-bond acceptors (Lipinski definition) is 6. The Morgan fingerprint density at radius 2 is 1.76 bits per heavy atom. The van der Waals surface area contributed by atoms with Gasteiger partial charge in [0.25, 0.3) is 7.44 Å². The molecule has 0 spiro atoms. The van der Waals surface area contributed by atoms with Crippen LogP contribution in [0.15, 0.2) is 0 Å². The van der Waals surface area contributed by atoms with Crippen LogP contribution in [-0.4, -0.2) is 54.0 Å². The lowest BCUT2D eigenvalue weighted by Crippen LogP contribution is -2.42. The zero-order valence-corrected chi connectivity index (χ0v) is 16.2. The van der Waals surface area contributed by atoms with Gasteiger partial charge in [-0.05, 0) is 34.1 Å². The molecule has 1 rings (SSSR count). The van der Waals surface area contributed by atoms with Crippen LogP contribution in [0.4, 0.5) is 0 Å². The molecule has 0 aromatic carbocycles. The summed E-state index contributed by atoms with van der Waals surface area (Å²) in [4.78, 5) is 22.6. The van der Waals surface area contributed by atoms with Gasteiger partial charge in [-0.1, -0.05) is 0 Å². The van der Waals surface area contributed by atoms with Crippen molar-refractivity contribution in [3.63, 3.8) is 0 Å². The van der Waals surface area contributed by atoms with Crippen LogP contribution in [-0.2, 0) is 28.4 Å². The predicted molar refractivity (Wildman–Crippen MR) is 91.2 cm³/mol. The van der Waals surface area contributed by atoms with E-state index in [-0.39, 0.29) is 18.7 Å². The lowest BCUT2D eigenvalue weighted by Gasteiger charge is -2.30. The Morgan fingerprint density at radius 3 is 2.20 bits per heavy atom. The number of ether oxygens (including phenoxy) is 3. The first-order valence-corrected chi connectivity index (χ1v) is 10.1. The first kappa shape index (κ1) is 22.1. The Kier molecular flexibility index (Phi) is 8.50. The van der Waals surface area contributed by atoms with Gasteiger partial charge in [-0.3, -0.25) is 9.36 Å². The average molecular weight is 380 g/mol. The number of aliphatic carboxylic acids is 1.